The highest BCUT2D eigenvalue weighted by Crippen LogP contribution is 2.26. The third kappa shape index (κ3) is 5.76. The number of hydrogen-bond donors (Lipinski definition) is 2. The Labute approximate surface area is 212 Å². The molecule has 0 saturated heterocycles. The number of nitriles is 2. The number of ketones is 1. The van der Waals surface area contributed by atoms with Gasteiger partial charge in [-0.3, -0.25) is 9.59 Å². The maximum atomic E-state index is 13.5. The third-order valence-corrected chi connectivity index (χ3v) is 5.94. The molecule has 0 aliphatic rings. The maximum Gasteiger partial charge on any atom is 0.275 e. The second kappa shape index (κ2) is 11.4. The molecule has 0 saturated carbocycles. The molecule has 0 spiro atoms. The quantitative estimate of drug-likeness (QED) is 0.294. The first-order chi connectivity index (χ1) is 16.3. The lowest BCUT2D eigenvalue weighted by Gasteiger charge is -2.16. The van der Waals surface area contributed by atoms with Crippen LogP contribution in [0.25, 0.3) is 0 Å². The van der Waals surface area contributed by atoms with Crippen LogP contribution in [0.2, 0.25) is 0 Å². The van der Waals surface area contributed by atoms with Crippen LogP contribution in [0.15, 0.2) is 86.8 Å². The molecule has 2 N–H and O–H groups in total. The van der Waals surface area contributed by atoms with Gasteiger partial charge < -0.3 is 5.11 Å². The Morgan fingerprint density at radius 3 is 1.82 bits per heavy atom. The number of nitrogens with one attached hydrogen (secondary N) is 1. The number of para-hydroxylation sites is 1. The van der Waals surface area contributed by atoms with Crippen molar-refractivity contribution in [2.75, 3.05) is 0 Å². The zero-order chi connectivity index (χ0) is 24.7. The summed E-state index contributed by atoms with van der Waals surface area (Å²) in [5, 5.41) is 33.6. The average Bonchev–Trinajstić information content (AvgIpc) is 2.84. The smallest absolute Gasteiger partial charge is 0.275 e. The van der Waals surface area contributed by atoms with Gasteiger partial charge in [-0.2, -0.15) is 15.6 Å². The van der Waals surface area contributed by atoms with Crippen LogP contribution in [0.3, 0.4) is 0 Å². The Kier molecular flexibility index (Phi) is 8.31. The number of hydrogen-bond acceptors (Lipinski definition) is 6. The minimum atomic E-state index is -1.25. The molecule has 0 fully saturated rings. The Morgan fingerprint density at radius 1 is 0.824 bits per heavy atom. The van der Waals surface area contributed by atoms with Crippen molar-refractivity contribution in [3.8, 4) is 17.9 Å². The van der Waals surface area contributed by atoms with Crippen LogP contribution in [0.1, 0.15) is 33.3 Å². The summed E-state index contributed by atoms with van der Waals surface area (Å²) in [7, 11) is 0. The van der Waals surface area contributed by atoms with Gasteiger partial charge in [-0.25, -0.2) is 5.43 Å². The van der Waals surface area contributed by atoms with Gasteiger partial charge in [0.2, 0.25) is 5.78 Å². The highest BCUT2D eigenvalue weighted by atomic mass is 79.9. The molecular formula is C25H16Br2N4O3. The van der Waals surface area contributed by atoms with E-state index in [0.29, 0.717) is 11.1 Å². The maximum absolute atomic E-state index is 13.5. The zero-order valence-electron chi connectivity index (χ0n) is 17.4. The van der Waals surface area contributed by atoms with E-state index in [9.17, 15) is 25.2 Å². The summed E-state index contributed by atoms with van der Waals surface area (Å²) in [6.45, 7) is 0. The van der Waals surface area contributed by atoms with E-state index in [-0.39, 0.29) is 17.0 Å². The molecule has 0 bridgehead atoms. The molecule has 3 aromatic carbocycles. The predicted octanol–water partition coefficient (Wildman–Crippen LogP) is 5.19. The highest BCUT2D eigenvalue weighted by molar-refractivity contribution is 9.10. The molecule has 0 aliphatic carbocycles. The molecule has 3 rings (SSSR count). The van der Waals surface area contributed by atoms with E-state index in [1.807, 2.05) is 12.1 Å². The largest absolute Gasteiger partial charge is 0.507 e. The first kappa shape index (κ1) is 24.8. The molecule has 1 amide bonds. The van der Waals surface area contributed by atoms with Crippen molar-refractivity contribution in [3.05, 3.63) is 98.4 Å². The highest BCUT2D eigenvalue weighted by Gasteiger charge is 2.32. The lowest BCUT2D eigenvalue weighted by Crippen LogP contribution is -2.31. The summed E-state index contributed by atoms with van der Waals surface area (Å²) in [5.74, 6) is -4.17. The van der Waals surface area contributed by atoms with Crippen molar-refractivity contribution in [1.29, 1.82) is 10.5 Å². The minimum absolute atomic E-state index is 0.0556. The lowest BCUT2D eigenvalue weighted by molar-refractivity contribution is -0.113. The van der Waals surface area contributed by atoms with E-state index in [4.69, 9.17) is 0 Å². The van der Waals surface area contributed by atoms with E-state index >= 15 is 0 Å². The second-order valence-electron chi connectivity index (χ2n) is 7.05. The molecule has 2 unspecified atom stereocenters. The molecule has 3 aromatic rings. The van der Waals surface area contributed by atoms with E-state index in [0.717, 1.165) is 8.95 Å². The van der Waals surface area contributed by atoms with Crippen LogP contribution in [0, 0.1) is 22.7 Å². The van der Waals surface area contributed by atoms with Crippen molar-refractivity contribution < 1.29 is 14.7 Å². The number of phenols is 1. The van der Waals surface area contributed by atoms with Crippen LogP contribution in [0.4, 0.5) is 0 Å². The van der Waals surface area contributed by atoms with Crippen molar-refractivity contribution in [2.24, 2.45) is 5.10 Å². The van der Waals surface area contributed by atoms with Gasteiger partial charge in [-0.05, 0) is 47.5 Å². The number of amides is 1. The van der Waals surface area contributed by atoms with Crippen LogP contribution >= 0.6 is 31.9 Å². The molecule has 0 aromatic heterocycles. The number of halogens is 2. The second-order valence-corrected chi connectivity index (χ2v) is 8.88. The SMILES string of the molecule is N#CC(C(=O)/C(=N/NC(=O)c1ccccc1O)C(C#N)c1ccc(Br)cc1)c1ccc(Br)cc1. The van der Waals surface area contributed by atoms with E-state index in [1.165, 1.54) is 12.1 Å². The van der Waals surface area contributed by atoms with Gasteiger partial charge in [0.15, 0.2) is 0 Å². The number of carbonyl (C=O) groups excluding carboxylic acids is 2. The fourth-order valence-electron chi connectivity index (χ4n) is 3.14. The van der Waals surface area contributed by atoms with E-state index < -0.39 is 23.5 Å². The number of phenolic OH excluding ortho intramolecular Hbond substituents is 1. The fourth-order valence-corrected chi connectivity index (χ4v) is 3.66. The molecular weight excluding hydrogens is 564 g/mol. The van der Waals surface area contributed by atoms with Gasteiger partial charge in [-0.15, -0.1) is 0 Å². The van der Waals surface area contributed by atoms with Crippen molar-refractivity contribution in [2.45, 2.75) is 11.8 Å². The molecule has 0 radical (unpaired) electrons. The number of rotatable bonds is 7. The fraction of sp³-hybridized carbons (Fsp3) is 0.0800. The Hall–Kier alpha value is -3.79. The number of nitrogens with zero attached hydrogens (tertiary/aromatic N) is 3. The first-order valence-electron chi connectivity index (χ1n) is 9.86. The van der Waals surface area contributed by atoms with E-state index in [1.54, 1.807) is 60.7 Å². The number of hydrazone groups is 1. The summed E-state index contributed by atoms with van der Waals surface area (Å²) in [6.07, 6.45) is 0. The molecule has 9 heteroatoms. The summed E-state index contributed by atoms with van der Waals surface area (Å²) < 4.78 is 1.55. The van der Waals surface area contributed by atoms with E-state index in [2.05, 4.69) is 42.4 Å². The van der Waals surface area contributed by atoms with Gasteiger partial charge in [0, 0.05) is 8.95 Å². The summed E-state index contributed by atoms with van der Waals surface area (Å²) in [4.78, 5) is 26.1. The minimum Gasteiger partial charge on any atom is -0.507 e. The predicted molar refractivity (Wildman–Crippen MR) is 133 cm³/mol. The van der Waals surface area contributed by atoms with Gasteiger partial charge >= 0.3 is 0 Å². The normalized spacial score (nSPS) is 12.6. The number of aromatic hydroxyl groups is 1. The van der Waals surface area contributed by atoms with Crippen molar-refractivity contribution in [1.82, 2.24) is 5.43 Å². The zero-order valence-corrected chi connectivity index (χ0v) is 20.6. The topological polar surface area (TPSA) is 126 Å². The van der Waals surface area contributed by atoms with Crippen LogP contribution < -0.4 is 5.43 Å². The average molecular weight is 580 g/mol. The number of benzene rings is 3. The molecule has 7 nitrogen and oxygen atoms in total. The van der Waals surface area contributed by atoms with Gasteiger partial charge in [-0.1, -0.05) is 68.3 Å². The molecule has 0 aliphatic heterocycles. The van der Waals surface area contributed by atoms with Gasteiger partial charge in [0.25, 0.3) is 5.91 Å². The number of Topliss-reactive ketones (excluding diaryl/α,β-unsaturated/α-hetero) is 1. The lowest BCUT2D eigenvalue weighted by atomic mass is 9.86. The molecule has 168 valence electrons. The first-order valence-corrected chi connectivity index (χ1v) is 11.4. The monoisotopic (exact) mass is 578 g/mol. The summed E-state index contributed by atoms with van der Waals surface area (Å²) in [5.41, 5.74) is 2.77. The molecule has 2 atom stereocenters. The van der Waals surface area contributed by atoms with Gasteiger partial charge in [0.1, 0.15) is 23.3 Å². The Morgan fingerprint density at radius 2 is 1.32 bits per heavy atom. The van der Waals surface area contributed by atoms with Crippen molar-refractivity contribution in [3.63, 3.8) is 0 Å². The van der Waals surface area contributed by atoms with Crippen LogP contribution in [-0.2, 0) is 4.79 Å². The van der Waals surface area contributed by atoms with Crippen molar-refractivity contribution >= 4 is 49.3 Å². The Balaban J connectivity index is 2.04. The summed E-state index contributed by atoms with van der Waals surface area (Å²) >= 11 is 6.64. The third-order valence-electron chi connectivity index (χ3n) is 4.88. The van der Waals surface area contributed by atoms with Crippen LogP contribution in [-0.4, -0.2) is 22.5 Å². The van der Waals surface area contributed by atoms with Gasteiger partial charge in [0.05, 0.1) is 17.7 Å². The summed E-state index contributed by atoms with van der Waals surface area (Å²) in [6, 6.07) is 23.2. The standard InChI is InChI=1S/C25H16Br2N4O3/c26-17-9-5-15(6-10-17)20(13-28)23(30-31-25(34)19-3-1-2-4-22(19)32)24(33)21(14-29)16-7-11-18(27)12-8-16/h1-12,20-21,32H,(H,31,34)/b30-23+. The molecule has 34 heavy (non-hydrogen) atoms. The number of carbonyl (C=O) groups is 2. The Bertz CT molecular complexity index is 1320. The molecule has 0 heterocycles. The van der Waals surface area contributed by atoms with Crippen LogP contribution in [0.5, 0.6) is 5.75 Å².